The average Bonchev–Trinajstić information content (AvgIpc) is 3.00. The largest absolute Gasteiger partial charge is 0.372 e. The fourth-order valence-electron chi connectivity index (χ4n) is 2.84. The van der Waals surface area contributed by atoms with E-state index in [1.54, 1.807) is 0 Å². The second-order valence-electron chi connectivity index (χ2n) is 5.50. The molecule has 0 aliphatic heterocycles. The Kier molecular flexibility index (Phi) is 2.59. The number of nitriles is 1. The minimum atomic E-state index is 0.549. The van der Waals surface area contributed by atoms with Crippen LogP contribution in [0.5, 0.6) is 0 Å². The second kappa shape index (κ2) is 3.99. The van der Waals surface area contributed by atoms with E-state index in [1.807, 2.05) is 6.92 Å². The number of aryl methyl sites for hydroxylation is 1. The van der Waals surface area contributed by atoms with E-state index in [9.17, 15) is 0 Å². The molecule has 0 radical (unpaired) electrons. The summed E-state index contributed by atoms with van der Waals surface area (Å²) in [5.74, 6) is 0. The van der Waals surface area contributed by atoms with E-state index in [2.05, 4.69) is 15.8 Å². The number of anilines is 1. The maximum absolute atomic E-state index is 9.09. The summed E-state index contributed by atoms with van der Waals surface area (Å²) in [5.41, 5.74) is 2.33. The van der Waals surface area contributed by atoms with E-state index in [-0.39, 0.29) is 0 Å². The molecule has 0 atom stereocenters. The van der Waals surface area contributed by atoms with Gasteiger partial charge in [-0.3, -0.25) is 0 Å². The molecular formula is C13H17N3S. The first-order chi connectivity index (χ1) is 8.22. The average molecular weight is 247 g/mol. The fourth-order valence-corrected chi connectivity index (χ4v) is 3.66. The predicted molar refractivity (Wildman–Crippen MR) is 69.1 cm³/mol. The van der Waals surface area contributed by atoms with E-state index >= 15 is 0 Å². The summed E-state index contributed by atoms with van der Waals surface area (Å²) in [6.07, 6.45) is 8.13. The molecule has 2 aliphatic carbocycles. The van der Waals surface area contributed by atoms with Gasteiger partial charge in [0.15, 0.2) is 0 Å². The number of nitrogens with zero attached hydrogens (tertiary/aromatic N) is 2. The van der Waals surface area contributed by atoms with Crippen LogP contribution in [-0.4, -0.2) is 10.4 Å². The zero-order chi connectivity index (χ0) is 11.9. The van der Waals surface area contributed by atoms with Crippen LogP contribution in [-0.2, 0) is 0 Å². The van der Waals surface area contributed by atoms with Crippen LogP contribution < -0.4 is 5.32 Å². The van der Waals surface area contributed by atoms with Crippen molar-refractivity contribution in [3.63, 3.8) is 0 Å². The number of hydrogen-bond acceptors (Lipinski definition) is 4. The molecule has 3 nitrogen and oxygen atoms in total. The van der Waals surface area contributed by atoms with Crippen molar-refractivity contribution in [3.05, 3.63) is 11.3 Å². The summed E-state index contributed by atoms with van der Waals surface area (Å²) in [7, 11) is 0. The highest BCUT2D eigenvalue weighted by atomic mass is 32.1. The van der Waals surface area contributed by atoms with Gasteiger partial charge in [-0.1, -0.05) is 0 Å². The summed E-state index contributed by atoms with van der Waals surface area (Å²) in [4.78, 5) is 0. The molecule has 0 saturated heterocycles. The van der Waals surface area contributed by atoms with Crippen LogP contribution in [0.25, 0.3) is 0 Å². The number of hydrogen-bond donors (Lipinski definition) is 1. The van der Waals surface area contributed by atoms with Crippen molar-refractivity contribution in [2.24, 2.45) is 5.41 Å². The van der Waals surface area contributed by atoms with Crippen LogP contribution in [0.1, 0.15) is 49.8 Å². The summed E-state index contributed by atoms with van der Waals surface area (Å²) in [5, 5.41) is 13.6. The molecule has 0 aromatic carbocycles. The van der Waals surface area contributed by atoms with E-state index in [1.165, 1.54) is 50.1 Å². The Morgan fingerprint density at radius 3 is 2.65 bits per heavy atom. The lowest BCUT2D eigenvalue weighted by Gasteiger charge is -2.29. The van der Waals surface area contributed by atoms with E-state index in [4.69, 9.17) is 5.26 Å². The molecule has 0 bridgehead atoms. The molecule has 3 rings (SSSR count). The van der Waals surface area contributed by atoms with E-state index in [0.717, 1.165) is 21.7 Å². The summed E-state index contributed by atoms with van der Waals surface area (Å²) in [6.45, 7) is 1.90. The highest BCUT2D eigenvalue weighted by molar-refractivity contribution is 7.10. The van der Waals surface area contributed by atoms with Crippen LogP contribution in [0.15, 0.2) is 0 Å². The molecule has 1 heterocycles. The molecule has 90 valence electrons. The minimum absolute atomic E-state index is 0.549. The van der Waals surface area contributed by atoms with Crippen LogP contribution in [0.4, 0.5) is 5.00 Å². The van der Waals surface area contributed by atoms with Crippen LogP contribution in [0.2, 0.25) is 0 Å². The lowest BCUT2D eigenvalue weighted by molar-refractivity contribution is 0.317. The molecule has 2 aliphatic rings. The molecule has 0 unspecified atom stereocenters. The SMILES string of the molecule is Cc1nsc(NC2CCC3(CC2)CC3)c1C#N. The molecule has 2 fully saturated rings. The lowest BCUT2D eigenvalue weighted by atomic mass is 9.83. The van der Waals surface area contributed by atoms with Crippen molar-refractivity contribution >= 4 is 16.5 Å². The predicted octanol–water partition coefficient (Wildman–Crippen LogP) is 3.46. The number of aromatic nitrogens is 1. The van der Waals surface area contributed by atoms with Gasteiger partial charge >= 0.3 is 0 Å². The maximum Gasteiger partial charge on any atom is 0.127 e. The first kappa shape index (κ1) is 11.0. The summed E-state index contributed by atoms with van der Waals surface area (Å²) < 4.78 is 4.25. The van der Waals surface area contributed by atoms with Gasteiger partial charge in [-0.2, -0.15) is 9.64 Å². The van der Waals surface area contributed by atoms with Crippen molar-refractivity contribution < 1.29 is 0 Å². The normalized spacial score (nSPS) is 22.4. The molecular weight excluding hydrogens is 230 g/mol. The second-order valence-corrected chi connectivity index (χ2v) is 6.28. The summed E-state index contributed by atoms with van der Waals surface area (Å²) in [6, 6.07) is 2.80. The van der Waals surface area contributed by atoms with Gasteiger partial charge in [-0.05, 0) is 62.4 Å². The van der Waals surface area contributed by atoms with Gasteiger partial charge in [0.2, 0.25) is 0 Å². The zero-order valence-electron chi connectivity index (χ0n) is 10.1. The smallest absolute Gasteiger partial charge is 0.127 e. The molecule has 17 heavy (non-hydrogen) atoms. The topological polar surface area (TPSA) is 48.7 Å². The third kappa shape index (κ3) is 2.04. The minimum Gasteiger partial charge on any atom is -0.372 e. The molecule has 1 N–H and O–H groups in total. The van der Waals surface area contributed by atoms with Gasteiger partial charge in [-0.25, -0.2) is 0 Å². The van der Waals surface area contributed by atoms with Gasteiger partial charge in [-0.15, -0.1) is 0 Å². The van der Waals surface area contributed by atoms with Gasteiger partial charge in [0.25, 0.3) is 0 Å². The van der Waals surface area contributed by atoms with Gasteiger partial charge in [0, 0.05) is 6.04 Å². The first-order valence-corrected chi connectivity index (χ1v) is 7.13. The third-order valence-electron chi connectivity index (χ3n) is 4.31. The van der Waals surface area contributed by atoms with Crippen molar-refractivity contribution in [1.29, 1.82) is 5.26 Å². The monoisotopic (exact) mass is 247 g/mol. The summed E-state index contributed by atoms with van der Waals surface area (Å²) >= 11 is 1.43. The fraction of sp³-hybridized carbons (Fsp3) is 0.692. The van der Waals surface area contributed by atoms with Gasteiger partial charge in [0.1, 0.15) is 16.6 Å². The first-order valence-electron chi connectivity index (χ1n) is 6.35. The Morgan fingerprint density at radius 2 is 2.06 bits per heavy atom. The molecule has 1 aromatic heterocycles. The maximum atomic E-state index is 9.09. The molecule has 2 saturated carbocycles. The van der Waals surface area contributed by atoms with Crippen LogP contribution in [0.3, 0.4) is 0 Å². The standard InChI is InChI=1S/C13H17N3S/c1-9-11(8-14)12(17-16-9)15-10-2-4-13(5-3-10)6-7-13/h10,15H,2-7H2,1H3. The highest BCUT2D eigenvalue weighted by Gasteiger charge is 2.44. The van der Waals surface area contributed by atoms with Crippen LogP contribution >= 0.6 is 11.5 Å². The molecule has 4 heteroatoms. The third-order valence-corrected chi connectivity index (χ3v) is 5.18. The van der Waals surface area contributed by atoms with Crippen molar-refractivity contribution in [2.75, 3.05) is 5.32 Å². The Labute approximate surface area is 106 Å². The Hall–Kier alpha value is -1.08. The quantitative estimate of drug-likeness (QED) is 0.870. The number of nitrogens with one attached hydrogen (secondary N) is 1. The molecule has 1 spiro atoms. The lowest BCUT2D eigenvalue weighted by Crippen LogP contribution is -2.26. The highest BCUT2D eigenvalue weighted by Crippen LogP contribution is 2.56. The van der Waals surface area contributed by atoms with Crippen molar-refractivity contribution in [2.45, 2.75) is 51.5 Å². The Bertz CT molecular complexity index is 457. The van der Waals surface area contributed by atoms with Gasteiger partial charge < -0.3 is 5.32 Å². The molecule has 0 amide bonds. The van der Waals surface area contributed by atoms with E-state index in [0.29, 0.717) is 6.04 Å². The van der Waals surface area contributed by atoms with Crippen molar-refractivity contribution in [3.8, 4) is 6.07 Å². The molecule has 1 aromatic rings. The van der Waals surface area contributed by atoms with Crippen molar-refractivity contribution in [1.82, 2.24) is 4.37 Å². The Morgan fingerprint density at radius 1 is 1.35 bits per heavy atom. The zero-order valence-corrected chi connectivity index (χ0v) is 10.9. The Balaban J connectivity index is 1.65. The van der Waals surface area contributed by atoms with E-state index < -0.39 is 0 Å². The number of rotatable bonds is 2. The van der Waals surface area contributed by atoms with Crippen LogP contribution in [0, 0.1) is 23.7 Å². The van der Waals surface area contributed by atoms with Gasteiger partial charge in [0.05, 0.1) is 5.69 Å².